The molecule has 0 aliphatic heterocycles. The molecule has 1 aromatic carbocycles. The zero-order valence-corrected chi connectivity index (χ0v) is 11.9. The number of rotatable bonds is 4. The smallest absolute Gasteiger partial charge is 0.251 e. The van der Waals surface area contributed by atoms with E-state index in [-0.39, 0.29) is 11.4 Å². The summed E-state index contributed by atoms with van der Waals surface area (Å²) in [5, 5.41) is 2.88. The van der Waals surface area contributed by atoms with Crippen LogP contribution in [0.25, 0.3) is 0 Å². The van der Waals surface area contributed by atoms with Crippen molar-refractivity contribution in [2.75, 3.05) is 13.7 Å². The lowest BCUT2D eigenvalue weighted by molar-refractivity contribution is 0.0929. The van der Waals surface area contributed by atoms with Gasteiger partial charge in [-0.25, -0.2) is 0 Å². The average Bonchev–Trinajstić information content (AvgIpc) is 2.33. The minimum Gasteiger partial charge on any atom is -0.496 e. The SMILES string of the molecule is COc1ccc(C(=O)NCC2(N)CCC2)cc1Br. The van der Waals surface area contributed by atoms with Gasteiger partial charge in [0.1, 0.15) is 5.75 Å². The van der Waals surface area contributed by atoms with E-state index in [4.69, 9.17) is 10.5 Å². The molecule has 0 heterocycles. The fourth-order valence-electron chi connectivity index (χ4n) is 1.97. The predicted octanol–water partition coefficient (Wildman–Crippen LogP) is 2.07. The molecule has 1 saturated carbocycles. The first kappa shape index (κ1) is 13.4. The van der Waals surface area contributed by atoms with E-state index in [2.05, 4.69) is 21.2 Å². The molecule has 98 valence electrons. The second-order valence-electron chi connectivity index (χ2n) is 4.75. The molecule has 0 bridgehead atoms. The van der Waals surface area contributed by atoms with Gasteiger partial charge in [-0.3, -0.25) is 4.79 Å². The highest BCUT2D eigenvalue weighted by atomic mass is 79.9. The molecule has 1 aliphatic rings. The van der Waals surface area contributed by atoms with Gasteiger partial charge in [0.15, 0.2) is 0 Å². The van der Waals surface area contributed by atoms with E-state index >= 15 is 0 Å². The highest BCUT2D eigenvalue weighted by molar-refractivity contribution is 9.10. The Labute approximate surface area is 115 Å². The molecule has 0 unspecified atom stereocenters. The molecule has 1 amide bonds. The molecule has 1 aromatic rings. The topological polar surface area (TPSA) is 64.3 Å². The van der Waals surface area contributed by atoms with Crippen molar-refractivity contribution in [2.45, 2.75) is 24.8 Å². The lowest BCUT2D eigenvalue weighted by Gasteiger charge is -2.38. The largest absolute Gasteiger partial charge is 0.496 e. The average molecular weight is 313 g/mol. The number of nitrogens with one attached hydrogen (secondary N) is 1. The first-order valence-electron chi connectivity index (χ1n) is 5.95. The molecule has 18 heavy (non-hydrogen) atoms. The van der Waals surface area contributed by atoms with Gasteiger partial charge in [-0.05, 0) is 53.4 Å². The van der Waals surface area contributed by atoms with Crippen LogP contribution in [-0.2, 0) is 0 Å². The Morgan fingerprint density at radius 2 is 2.28 bits per heavy atom. The van der Waals surface area contributed by atoms with Crippen molar-refractivity contribution >= 4 is 21.8 Å². The number of nitrogens with two attached hydrogens (primary N) is 1. The van der Waals surface area contributed by atoms with Crippen LogP contribution in [0.3, 0.4) is 0 Å². The van der Waals surface area contributed by atoms with E-state index < -0.39 is 0 Å². The van der Waals surface area contributed by atoms with Gasteiger partial charge in [0.25, 0.3) is 5.91 Å². The summed E-state index contributed by atoms with van der Waals surface area (Å²) in [4.78, 5) is 12.0. The number of carbonyl (C=O) groups excluding carboxylic acids is 1. The van der Waals surface area contributed by atoms with Crippen molar-refractivity contribution in [3.63, 3.8) is 0 Å². The fraction of sp³-hybridized carbons (Fsp3) is 0.462. The summed E-state index contributed by atoms with van der Waals surface area (Å²) in [6, 6.07) is 5.25. The molecule has 0 aromatic heterocycles. The molecule has 0 atom stereocenters. The maximum Gasteiger partial charge on any atom is 0.251 e. The fourth-order valence-corrected chi connectivity index (χ4v) is 2.51. The summed E-state index contributed by atoms with van der Waals surface area (Å²) in [6.07, 6.45) is 3.12. The zero-order valence-electron chi connectivity index (χ0n) is 10.3. The van der Waals surface area contributed by atoms with E-state index in [1.807, 2.05) is 0 Å². The number of hydrogen-bond donors (Lipinski definition) is 2. The van der Waals surface area contributed by atoms with E-state index in [1.165, 1.54) is 0 Å². The molecule has 3 N–H and O–H groups in total. The number of amides is 1. The quantitative estimate of drug-likeness (QED) is 0.894. The Balaban J connectivity index is 1.98. The van der Waals surface area contributed by atoms with Crippen LogP contribution in [0, 0.1) is 0 Å². The van der Waals surface area contributed by atoms with Gasteiger partial charge in [-0.2, -0.15) is 0 Å². The summed E-state index contributed by atoms with van der Waals surface area (Å²) in [7, 11) is 1.59. The van der Waals surface area contributed by atoms with E-state index in [0.29, 0.717) is 17.9 Å². The molecule has 1 fully saturated rings. The lowest BCUT2D eigenvalue weighted by Crippen LogP contribution is -2.54. The number of benzene rings is 1. The van der Waals surface area contributed by atoms with Crippen LogP contribution in [0.5, 0.6) is 5.75 Å². The van der Waals surface area contributed by atoms with Crippen LogP contribution in [-0.4, -0.2) is 25.1 Å². The van der Waals surface area contributed by atoms with Gasteiger partial charge in [0.05, 0.1) is 11.6 Å². The van der Waals surface area contributed by atoms with Crippen molar-refractivity contribution in [3.05, 3.63) is 28.2 Å². The number of ether oxygens (including phenoxy) is 1. The third-order valence-corrected chi connectivity index (χ3v) is 3.98. The second kappa shape index (κ2) is 5.28. The van der Waals surface area contributed by atoms with Crippen LogP contribution in [0.4, 0.5) is 0 Å². The number of carbonyl (C=O) groups is 1. The van der Waals surface area contributed by atoms with Crippen molar-refractivity contribution < 1.29 is 9.53 Å². The molecule has 0 spiro atoms. The highest BCUT2D eigenvalue weighted by Crippen LogP contribution is 2.28. The molecular formula is C13H17BrN2O2. The van der Waals surface area contributed by atoms with Gasteiger partial charge in [-0.15, -0.1) is 0 Å². The number of halogens is 1. The first-order valence-corrected chi connectivity index (χ1v) is 6.74. The maximum absolute atomic E-state index is 12.0. The van der Waals surface area contributed by atoms with Crippen molar-refractivity contribution in [1.82, 2.24) is 5.32 Å². The van der Waals surface area contributed by atoms with Crippen LogP contribution < -0.4 is 15.8 Å². The van der Waals surface area contributed by atoms with Crippen LogP contribution in [0.1, 0.15) is 29.6 Å². The molecule has 5 heteroatoms. The maximum atomic E-state index is 12.0. The zero-order chi connectivity index (χ0) is 13.2. The minimum absolute atomic E-state index is 0.102. The standard InChI is InChI=1S/C13H17BrN2O2/c1-18-11-4-3-9(7-10(11)14)12(17)16-8-13(15)5-2-6-13/h3-4,7H,2,5-6,8,15H2,1H3,(H,16,17). The van der Waals surface area contributed by atoms with Crippen molar-refractivity contribution in [2.24, 2.45) is 5.73 Å². The summed E-state index contributed by atoms with van der Waals surface area (Å²) < 4.78 is 5.89. The second-order valence-corrected chi connectivity index (χ2v) is 5.60. The molecular weight excluding hydrogens is 296 g/mol. The van der Waals surface area contributed by atoms with Gasteiger partial charge in [0.2, 0.25) is 0 Å². The third-order valence-electron chi connectivity index (χ3n) is 3.36. The normalized spacial score (nSPS) is 16.8. The Morgan fingerprint density at radius 1 is 1.56 bits per heavy atom. The predicted molar refractivity (Wildman–Crippen MR) is 73.8 cm³/mol. The van der Waals surface area contributed by atoms with Crippen LogP contribution in [0.15, 0.2) is 22.7 Å². The Hall–Kier alpha value is -1.07. The van der Waals surface area contributed by atoms with Crippen LogP contribution in [0.2, 0.25) is 0 Å². The summed E-state index contributed by atoms with van der Waals surface area (Å²) >= 11 is 3.36. The van der Waals surface area contributed by atoms with E-state index in [1.54, 1.807) is 25.3 Å². The summed E-state index contributed by atoms with van der Waals surface area (Å²) in [6.45, 7) is 0.537. The highest BCUT2D eigenvalue weighted by Gasteiger charge is 2.32. The van der Waals surface area contributed by atoms with Gasteiger partial charge in [-0.1, -0.05) is 0 Å². The van der Waals surface area contributed by atoms with E-state index in [9.17, 15) is 4.79 Å². The number of hydrogen-bond acceptors (Lipinski definition) is 3. The first-order chi connectivity index (χ1) is 8.54. The third kappa shape index (κ3) is 2.84. The Morgan fingerprint density at radius 3 is 2.78 bits per heavy atom. The Bertz CT molecular complexity index is 458. The molecule has 2 rings (SSSR count). The summed E-state index contributed by atoms with van der Waals surface area (Å²) in [5.41, 5.74) is 6.47. The van der Waals surface area contributed by atoms with Crippen molar-refractivity contribution in [1.29, 1.82) is 0 Å². The van der Waals surface area contributed by atoms with Crippen molar-refractivity contribution in [3.8, 4) is 5.75 Å². The molecule has 4 nitrogen and oxygen atoms in total. The van der Waals surface area contributed by atoms with Gasteiger partial charge >= 0.3 is 0 Å². The minimum atomic E-state index is -0.195. The van der Waals surface area contributed by atoms with Crippen LogP contribution >= 0.6 is 15.9 Å². The molecule has 0 saturated heterocycles. The van der Waals surface area contributed by atoms with Gasteiger partial charge < -0.3 is 15.8 Å². The monoisotopic (exact) mass is 312 g/mol. The molecule has 0 radical (unpaired) electrons. The van der Waals surface area contributed by atoms with Gasteiger partial charge in [0, 0.05) is 17.6 Å². The Kier molecular flexibility index (Phi) is 3.92. The summed E-state index contributed by atoms with van der Waals surface area (Å²) in [5.74, 6) is 0.607. The number of methoxy groups -OCH3 is 1. The lowest BCUT2D eigenvalue weighted by atomic mass is 9.78. The molecule has 1 aliphatic carbocycles. The van der Waals surface area contributed by atoms with E-state index in [0.717, 1.165) is 23.7 Å².